The highest BCUT2D eigenvalue weighted by Crippen LogP contribution is 2.18. The summed E-state index contributed by atoms with van der Waals surface area (Å²) in [6.45, 7) is 4.70. The highest BCUT2D eigenvalue weighted by molar-refractivity contribution is 6.30. The van der Waals surface area contributed by atoms with Gasteiger partial charge in [-0.1, -0.05) is 41.4 Å². The van der Waals surface area contributed by atoms with Crippen LogP contribution in [-0.2, 0) is 6.42 Å². The Balaban J connectivity index is 1.66. The van der Waals surface area contributed by atoms with Gasteiger partial charge in [-0.05, 0) is 49.6 Å². The first-order chi connectivity index (χ1) is 11.0. The van der Waals surface area contributed by atoms with Crippen molar-refractivity contribution in [1.29, 1.82) is 0 Å². The zero-order chi connectivity index (χ0) is 16.7. The van der Waals surface area contributed by atoms with Gasteiger partial charge in [0.25, 0.3) is 0 Å². The van der Waals surface area contributed by atoms with Crippen molar-refractivity contribution in [2.75, 3.05) is 13.3 Å². The summed E-state index contributed by atoms with van der Waals surface area (Å²) in [5.41, 5.74) is 3.36. The van der Waals surface area contributed by atoms with Crippen molar-refractivity contribution >= 4 is 17.6 Å². The van der Waals surface area contributed by atoms with Crippen molar-refractivity contribution in [2.45, 2.75) is 20.3 Å². The summed E-state index contributed by atoms with van der Waals surface area (Å²) in [6.07, 6.45) is 0.752. The molecular formula is C18H21ClN2O2. The highest BCUT2D eigenvalue weighted by Gasteiger charge is 2.02. The molecule has 0 heterocycles. The molecule has 2 aromatic rings. The number of aryl methyl sites for hydroxylation is 2. The molecule has 0 aliphatic carbocycles. The number of carbonyl (C=O) groups excluding carboxylic acids is 1. The van der Waals surface area contributed by atoms with Crippen LogP contribution < -0.4 is 15.4 Å². The zero-order valence-corrected chi connectivity index (χ0v) is 14.1. The molecule has 5 heteroatoms. The number of amides is 2. The number of halogens is 1. The van der Waals surface area contributed by atoms with Crippen LogP contribution in [0.25, 0.3) is 0 Å². The third-order valence-electron chi connectivity index (χ3n) is 3.40. The first-order valence-electron chi connectivity index (χ1n) is 7.51. The van der Waals surface area contributed by atoms with E-state index in [0.717, 1.165) is 23.3 Å². The van der Waals surface area contributed by atoms with Crippen molar-refractivity contribution in [3.8, 4) is 5.75 Å². The summed E-state index contributed by atoms with van der Waals surface area (Å²) in [5, 5.41) is 6.18. The maximum atomic E-state index is 11.7. The van der Waals surface area contributed by atoms with Crippen LogP contribution >= 0.6 is 11.6 Å². The molecule has 2 N–H and O–H groups in total. The smallest absolute Gasteiger partial charge is 0.317 e. The lowest BCUT2D eigenvalue weighted by molar-refractivity contribution is 0.224. The molecule has 0 spiro atoms. The number of benzene rings is 2. The second-order valence-electron chi connectivity index (χ2n) is 5.37. The molecule has 0 radical (unpaired) electrons. The Morgan fingerprint density at radius 1 is 1.09 bits per heavy atom. The van der Waals surface area contributed by atoms with E-state index < -0.39 is 0 Å². The van der Waals surface area contributed by atoms with Crippen molar-refractivity contribution in [3.63, 3.8) is 0 Å². The number of carbonyl (C=O) groups is 1. The van der Waals surface area contributed by atoms with E-state index in [4.69, 9.17) is 16.3 Å². The molecule has 0 unspecified atom stereocenters. The maximum absolute atomic E-state index is 11.7. The fourth-order valence-corrected chi connectivity index (χ4v) is 2.30. The summed E-state index contributed by atoms with van der Waals surface area (Å²) in [5.74, 6) is 0.775. The van der Waals surface area contributed by atoms with Crippen LogP contribution in [-0.4, -0.2) is 19.3 Å². The van der Waals surface area contributed by atoms with Crippen LogP contribution in [0.3, 0.4) is 0 Å². The SMILES string of the molecule is Cc1ccc(OCNC(=O)NCCc2ccc(Cl)cc2)c(C)c1. The van der Waals surface area contributed by atoms with Gasteiger partial charge in [-0.15, -0.1) is 0 Å². The molecule has 0 fully saturated rings. The Morgan fingerprint density at radius 3 is 2.52 bits per heavy atom. The molecule has 122 valence electrons. The number of nitrogens with one attached hydrogen (secondary N) is 2. The molecule has 0 aliphatic heterocycles. The van der Waals surface area contributed by atoms with E-state index in [2.05, 4.69) is 10.6 Å². The van der Waals surface area contributed by atoms with Gasteiger partial charge in [0, 0.05) is 11.6 Å². The Kier molecular flexibility index (Phi) is 6.29. The Morgan fingerprint density at radius 2 is 1.83 bits per heavy atom. The van der Waals surface area contributed by atoms with E-state index in [-0.39, 0.29) is 12.8 Å². The number of hydrogen-bond donors (Lipinski definition) is 2. The summed E-state index contributed by atoms with van der Waals surface area (Å²) < 4.78 is 5.55. The minimum absolute atomic E-state index is 0.136. The van der Waals surface area contributed by atoms with Gasteiger partial charge >= 0.3 is 6.03 Å². The molecule has 4 nitrogen and oxygen atoms in total. The van der Waals surface area contributed by atoms with Crippen molar-refractivity contribution in [2.24, 2.45) is 0 Å². The van der Waals surface area contributed by atoms with Crippen LogP contribution in [0.5, 0.6) is 5.75 Å². The fourth-order valence-electron chi connectivity index (χ4n) is 2.17. The third kappa shape index (κ3) is 5.83. The van der Waals surface area contributed by atoms with Crippen LogP contribution in [0.2, 0.25) is 5.02 Å². The first-order valence-corrected chi connectivity index (χ1v) is 7.88. The van der Waals surface area contributed by atoms with Gasteiger partial charge < -0.3 is 15.4 Å². The van der Waals surface area contributed by atoms with E-state index in [1.165, 1.54) is 5.56 Å². The van der Waals surface area contributed by atoms with Crippen molar-refractivity contribution < 1.29 is 9.53 Å². The van der Waals surface area contributed by atoms with Crippen LogP contribution in [0.4, 0.5) is 4.79 Å². The molecule has 0 saturated carbocycles. The topological polar surface area (TPSA) is 50.4 Å². The van der Waals surface area contributed by atoms with E-state index in [9.17, 15) is 4.79 Å². The van der Waals surface area contributed by atoms with Gasteiger partial charge in [0.2, 0.25) is 0 Å². The number of ether oxygens (including phenoxy) is 1. The van der Waals surface area contributed by atoms with E-state index in [1.807, 2.05) is 56.3 Å². The second-order valence-corrected chi connectivity index (χ2v) is 5.80. The molecule has 0 atom stereocenters. The van der Waals surface area contributed by atoms with Gasteiger partial charge in [0.15, 0.2) is 6.73 Å². The van der Waals surface area contributed by atoms with Crippen LogP contribution in [0, 0.1) is 13.8 Å². The standard InChI is InChI=1S/C18H21ClN2O2/c1-13-3-8-17(14(2)11-13)23-12-21-18(22)20-10-9-15-4-6-16(19)7-5-15/h3-8,11H,9-10,12H2,1-2H3,(H2,20,21,22). The van der Waals surface area contributed by atoms with Gasteiger partial charge in [-0.2, -0.15) is 0 Å². The van der Waals surface area contributed by atoms with E-state index in [0.29, 0.717) is 11.6 Å². The van der Waals surface area contributed by atoms with Gasteiger partial charge in [0.05, 0.1) is 0 Å². The summed E-state index contributed by atoms with van der Waals surface area (Å²) in [4.78, 5) is 11.7. The quantitative estimate of drug-likeness (QED) is 0.790. The van der Waals surface area contributed by atoms with Crippen molar-refractivity contribution in [1.82, 2.24) is 10.6 Å². The predicted octanol–water partition coefficient (Wildman–Crippen LogP) is 3.84. The van der Waals surface area contributed by atoms with Crippen LogP contribution in [0.1, 0.15) is 16.7 Å². The molecule has 0 bridgehead atoms. The lowest BCUT2D eigenvalue weighted by atomic mass is 10.1. The summed E-state index contributed by atoms with van der Waals surface area (Å²) in [7, 11) is 0. The molecule has 23 heavy (non-hydrogen) atoms. The third-order valence-corrected chi connectivity index (χ3v) is 3.66. The maximum Gasteiger partial charge on any atom is 0.317 e. The second kappa shape index (κ2) is 8.44. The first kappa shape index (κ1) is 17.2. The number of rotatable bonds is 6. The molecule has 0 aliphatic rings. The molecule has 2 amide bonds. The summed E-state index contributed by atoms with van der Waals surface area (Å²) >= 11 is 5.83. The molecular weight excluding hydrogens is 312 g/mol. The van der Waals surface area contributed by atoms with Crippen molar-refractivity contribution in [3.05, 3.63) is 64.2 Å². The highest BCUT2D eigenvalue weighted by atomic mass is 35.5. The fraction of sp³-hybridized carbons (Fsp3) is 0.278. The normalized spacial score (nSPS) is 10.2. The van der Waals surface area contributed by atoms with Crippen LogP contribution in [0.15, 0.2) is 42.5 Å². The predicted molar refractivity (Wildman–Crippen MR) is 93.1 cm³/mol. The molecule has 0 aromatic heterocycles. The number of urea groups is 1. The summed E-state index contributed by atoms with van der Waals surface area (Å²) in [6, 6.07) is 13.3. The molecule has 0 saturated heterocycles. The lowest BCUT2D eigenvalue weighted by Crippen LogP contribution is -2.38. The van der Waals surface area contributed by atoms with E-state index >= 15 is 0 Å². The zero-order valence-electron chi connectivity index (χ0n) is 13.4. The van der Waals surface area contributed by atoms with Gasteiger partial charge in [-0.25, -0.2) is 4.79 Å². The molecule has 2 rings (SSSR count). The molecule has 2 aromatic carbocycles. The lowest BCUT2D eigenvalue weighted by Gasteiger charge is -2.11. The number of hydrogen-bond acceptors (Lipinski definition) is 2. The Hall–Kier alpha value is -2.20. The average Bonchev–Trinajstić information content (AvgIpc) is 2.51. The largest absolute Gasteiger partial charge is 0.473 e. The Labute approximate surface area is 141 Å². The van der Waals surface area contributed by atoms with Gasteiger partial charge in [0.1, 0.15) is 5.75 Å². The Bertz CT molecular complexity index is 657. The van der Waals surface area contributed by atoms with E-state index in [1.54, 1.807) is 0 Å². The average molecular weight is 333 g/mol. The minimum Gasteiger partial charge on any atom is -0.473 e. The minimum atomic E-state index is -0.247. The monoisotopic (exact) mass is 332 g/mol. The van der Waals surface area contributed by atoms with Gasteiger partial charge in [-0.3, -0.25) is 0 Å².